The molecule has 2 unspecified atom stereocenters. The van der Waals surface area contributed by atoms with Crippen molar-refractivity contribution < 1.29 is 13.2 Å². The molecule has 0 aromatic heterocycles. The first kappa shape index (κ1) is 16.8. The molecule has 7 heteroatoms. The molecule has 0 aliphatic carbocycles. The number of nitrogens with two attached hydrogens (primary N) is 1. The van der Waals surface area contributed by atoms with Crippen molar-refractivity contribution in [3.63, 3.8) is 0 Å². The van der Waals surface area contributed by atoms with Crippen molar-refractivity contribution in [3.8, 4) is 0 Å². The highest BCUT2D eigenvalue weighted by Gasteiger charge is 2.33. The van der Waals surface area contributed by atoms with Gasteiger partial charge in [-0.25, -0.2) is 8.42 Å². The van der Waals surface area contributed by atoms with E-state index in [1.807, 2.05) is 13.8 Å². The Morgan fingerprint density at radius 3 is 2.63 bits per heavy atom. The fraction of sp³-hybridized carbons (Fsp3) is 0.917. The number of sulfone groups is 1. The Hall–Kier alpha value is -0.270. The lowest BCUT2D eigenvalue weighted by molar-refractivity contribution is -0.129. The van der Waals surface area contributed by atoms with Crippen LogP contribution in [0.1, 0.15) is 26.7 Å². The SMILES string of the molecule is CCC(N)CSCC(=O)N(CC)C1CCS(=O)(=O)C1. The number of hydrogen-bond acceptors (Lipinski definition) is 5. The summed E-state index contributed by atoms with van der Waals surface area (Å²) >= 11 is 1.53. The van der Waals surface area contributed by atoms with Crippen molar-refractivity contribution in [2.75, 3.05) is 29.6 Å². The molecular formula is C12H24N2O3S2. The van der Waals surface area contributed by atoms with Crippen molar-refractivity contribution in [1.29, 1.82) is 0 Å². The van der Waals surface area contributed by atoms with Crippen LogP contribution in [0.25, 0.3) is 0 Å². The molecule has 0 radical (unpaired) electrons. The van der Waals surface area contributed by atoms with Gasteiger partial charge in [0.05, 0.1) is 17.3 Å². The monoisotopic (exact) mass is 308 g/mol. The van der Waals surface area contributed by atoms with E-state index in [9.17, 15) is 13.2 Å². The van der Waals surface area contributed by atoms with Crippen LogP contribution >= 0.6 is 11.8 Å². The highest BCUT2D eigenvalue weighted by Crippen LogP contribution is 2.19. The zero-order valence-corrected chi connectivity index (χ0v) is 13.3. The van der Waals surface area contributed by atoms with Crippen LogP contribution < -0.4 is 5.73 Å². The predicted octanol–water partition coefficient (Wildman–Crippen LogP) is 0.493. The number of carbonyl (C=O) groups is 1. The quantitative estimate of drug-likeness (QED) is 0.740. The molecule has 1 amide bonds. The minimum atomic E-state index is -2.94. The zero-order valence-electron chi connectivity index (χ0n) is 11.7. The van der Waals surface area contributed by atoms with Crippen LogP contribution in [0.2, 0.25) is 0 Å². The highest BCUT2D eigenvalue weighted by molar-refractivity contribution is 8.00. The largest absolute Gasteiger partial charge is 0.338 e. The molecule has 19 heavy (non-hydrogen) atoms. The summed E-state index contributed by atoms with van der Waals surface area (Å²) in [6.07, 6.45) is 1.47. The standard InChI is InChI=1S/C12H24N2O3S2/c1-3-10(13)7-18-8-12(15)14(4-2)11-5-6-19(16,17)9-11/h10-11H,3-9,13H2,1-2H3. The van der Waals surface area contributed by atoms with Gasteiger partial charge in [0.1, 0.15) is 0 Å². The van der Waals surface area contributed by atoms with Gasteiger partial charge in [-0.05, 0) is 19.8 Å². The summed E-state index contributed by atoms with van der Waals surface area (Å²) in [7, 11) is -2.94. The first-order valence-corrected chi connectivity index (χ1v) is 9.70. The summed E-state index contributed by atoms with van der Waals surface area (Å²) in [5.41, 5.74) is 5.80. The summed E-state index contributed by atoms with van der Waals surface area (Å²) < 4.78 is 22.9. The first-order valence-electron chi connectivity index (χ1n) is 6.72. The molecule has 1 aliphatic heterocycles. The molecule has 1 saturated heterocycles. The van der Waals surface area contributed by atoms with Gasteiger partial charge in [-0.15, -0.1) is 0 Å². The maximum absolute atomic E-state index is 12.1. The maximum Gasteiger partial charge on any atom is 0.232 e. The Kier molecular flexibility index (Phi) is 6.62. The van der Waals surface area contributed by atoms with Gasteiger partial charge in [-0.2, -0.15) is 11.8 Å². The summed E-state index contributed by atoms with van der Waals surface area (Å²) in [5.74, 6) is 1.50. The number of thioether (sulfide) groups is 1. The lowest BCUT2D eigenvalue weighted by Crippen LogP contribution is -2.42. The normalized spacial score (nSPS) is 23.2. The van der Waals surface area contributed by atoms with Crippen LogP contribution in [-0.4, -0.2) is 60.9 Å². The van der Waals surface area contributed by atoms with E-state index in [2.05, 4.69) is 0 Å². The van der Waals surface area contributed by atoms with Gasteiger partial charge in [-0.1, -0.05) is 6.92 Å². The minimum absolute atomic E-state index is 0.0258. The lowest BCUT2D eigenvalue weighted by atomic mass is 10.2. The average molecular weight is 308 g/mol. The maximum atomic E-state index is 12.1. The number of amides is 1. The Labute approximate surface area is 120 Å². The van der Waals surface area contributed by atoms with Crippen LogP contribution in [-0.2, 0) is 14.6 Å². The fourth-order valence-corrected chi connectivity index (χ4v) is 4.89. The van der Waals surface area contributed by atoms with Crippen molar-refractivity contribution in [2.24, 2.45) is 5.73 Å². The third-order valence-corrected chi connectivity index (χ3v) is 6.26. The number of hydrogen-bond donors (Lipinski definition) is 1. The molecule has 1 aliphatic rings. The van der Waals surface area contributed by atoms with Gasteiger partial charge in [0.2, 0.25) is 5.91 Å². The third-order valence-electron chi connectivity index (χ3n) is 3.39. The summed E-state index contributed by atoms with van der Waals surface area (Å²) in [4.78, 5) is 13.8. The molecule has 0 bridgehead atoms. The Morgan fingerprint density at radius 1 is 1.47 bits per heavy atom. The van der Waals surface area contributed by atoms with E-state index in [1.165, 1.54) is 11.8 Å². The molecule has 1 heterocycles. The van der Waals surface area contributed by atoms with Gasteiger partial charge >= 0.3 is 0 Å². The van der Waals surface area contributed by atoms with Crippen molar-refractivity contribution in [2.45, 2.75) is 38.8 Å². The van der Waals surface area contributed by atoms with Gasteiger partial charge < -0.3 is 10.6 Å². The van der Waals surface area contributed by atoms with E-state index >= 15 is 0 Å². The van der Waals surface area contributed by atoms with Crippen LogP contribution in [0.4, 0.5) is 0 Å². The van der Waals surface area contributed by atoms with E-state index in [-0.39, 0.29) is 29.5 Å². The first-order chi connectivity index (χ1) is 8.89. The van der Waals surface area contributed by atoms with E-state index in [0.717, 1.165) is 12.2 Å². The second-order valence-corrected chi connectivity index (χ2v) is 8.18. The number of rotatable bonds is 7. The van der Waals surface area contributed by atoms with Crippen LogP contribution in [0.3, 0.4) is 0 Å². The Balaban J connectivity index is 2.44. The Morgan fingerprint density at radius 2 is 2.16 bits per heavy atom. The van der Waals surface area contributed by atoms with E-state index in [4.69, 9.17) is 5.73 Å². The molecule has 0 spiro atoms. The van der Waals surface area contributed by atoms with Gasteiger partial charge in [-0.3, -0.25) is 4.79 Å². The number of nitrogens with zero attached hydrogens (tertiary/aromatic N) is 1. The van der Waals surface area contributed by atoms with E-state index < -0.39 is 9.84 Å². The molecule has 1 fully saturated rings. The van der Waals surface area contributed by atoms with Crippen LogP contribution in [0.5, 0.6) is 0 Å². The summed E-state index contributed by atoms with van der Waals surface area (Å²) in [6, 6.07) is -0.0114. The molecular weight excluding hydrogens is 284 g/mol. The molecule has 0 aromatic rings. The molecule has 1 rings (SSSR count). The van der Waals surface area contributed by atoms with E-state index in [1.54, 1.807) is 4.90 Å². The minimum Gasteiger partial charge on any atom is -0.338 e. The zero-order chi connectivity index (χ0) is 14.5. The van der Waals surface area contributed by atoms with Crippen molar-refractivity contribution in [1.82, 2.24) is 4.90 Å². The topological polar surface area (TPSA) is 80.5 Å². The van der Waals surface area contributed by atoms with E-state index in [0.29, 0.717) is 18.7 Å². The van der Waals surface area contributed by atoms with Gasteiger partial charge in [0, 0.05) is 24.4 Å². The van der Waals surface area contributed by atoms with Gasteiger partial charge in [0.25, 0.3) is 0 Å². The second kappa shape index (κ2) is 7.50. The molecule has 2 N–H and O–H groups in total. The molecule has 0 saturated carbocycles. The molecule has 112 valence electrons. The van der Waals surface area contributed by atoms with Crippen LogP contribution in [0, 0.1) is 0 Å². The van der Waals surface area contributed by atoms with Crippen molar-refractivity contribution >= 4 is 27.5 Å². The molecule has 5 nitrogen and oxygen atoms in total. The lowest BCUT2D eigenvalue weighted by Gasteiger charge is -2.26. The number of carbonyl (C=O) groups excluding carboxylic acids is 1. The second-order valence-electron chi connectivity index (χ2n) is 4.92. The smallest absolute Gasteiger partial charge is 0.232 e. The average Bonchev–Trinajstić information content (AvgIpc) is 2.70. The van der Waals surface area contributed by atoms with Gasteiger partial charge in [0.15, 0.2) is 9.84 Å². The Bertz CT molecular complexity index is 398. The third kappa shape index (κ3) is 5.31. The predicted molar refractivity (Wildman–Crippen MR) is 80.0 cm³/mol. The molecule has 2 atom stereocenters. The van der Waals surface area contributed by atoms with Crippen LogP contribution in [0.15, 0.2) is 0 Å². The summed E-state index contributed by atoms with van der Waals surface area (Å²) in [6.45, 7) is 4.49. The van der Waals surface area contributed by atoms with Crippen molar-refractivity contribution in [3.05, 3.63) is 0 Å². The highest BCUT2D eigenvalue weighted by atomic mass is 32.2. The fourth-order valence-electron chi connectivity index (χ4n) is 2.16. The molecule has 0 aromatic carbocycles. The summed E-state index contributed by atoms with van der Waals surface area (Å²) in [5, 5.41) is 0.